The first-order chi connectivity index (χ1) is 18.9. The molecule has 212 valence electrons. The maximum Gasteiger partial charge on any atom is 0.337 e. The summed E-state index contributed by atoms with van der Waals surface area (Å²) in [6.07, 6.45) is 5.24. The van der Waals surface area contributed by atoms with Gasteiger partial charge in [0.1, 0.15) is 5.82 Å². The number of methoxy groups -OCH3 is 2. The second kappa shape index (κ2) is 15.4. The molecule has 0 fully saturated rings. The molecule has 0 aliphatic carbocycles. The Morgan fingerprint density at radius 1 is 1.10 bits per heavy atom. The van der Waals surface area contributed by atoms with E-state index >= 15 is 0 Å². The summed E-state index contributed by atoms with van der Waals surface area (Å²) < 4.78 is 12.3. The number of imidazole rings is 1. The Hall–Kier alpha value is -3.17. The van der Waals surface area contributed by atoms with Gasteiger partial charge in [0.05, 0.1) is 35.1 Å². The standard InChI is InChI=1S/C30H43N5O3S/c1-6-7-8-16-31-27-23(11-9-12-24(27)34-30(39)32-17-10-19-37-4)28-33-25-20-22(29(36)38-5)13-14-26(25)35(28)18-15-21(2)3/h9,11-14,20-21,31H,6-8,10,15-19H2,1-5H3,(H2,32,34,39). The van der Waals surface area contributed by atoms with E-state index in [2.05, 4.69) is 47.4 Å². The molecule has 3 N–H and O–H groups in total. The van der Waals surface area contributed by atoms with Crippen LogP contribution in [-0.4, -0.2) is 54.5 Å². The van der Waals surface area contributed by atoms with Gasteiger partial charge in [-0.2, -0.15) is 0 Å². The molecule has 0 atom stereocenters. The number of para-hydroxylation sites is 1. The summed E-state index contributed by atoms with van der Waals surface area (Å²) in [6.45, 7) is 9.71. The lowest BCUT2D eigenvalue weighted by Gasteiger charge is -2.20. The Balaban J connectivity index is 2.06. The van der Waals surface area contributed by atoms with Crippen LogP contribution in [0.5, 0.6) is 0 Å². The van der Waals surface area contributed by atoms with Gasteiger partial charge in [-0.15, -0.1) is 0 Å². The molecule has 2 aromatic carbocycles. The zero-order chi connectivity index (χ0) is 28.2. The van der Waals surface area contributed by atoms with E-state index in [1.807, 2.05) is 24.3 Å². The highest BCUT2D eigenvalue weighted by Gasteiger charge is 2.20. The van der Waals surface area contributed by atoms with Gasteiger partial charge in [0, 0.05) is 38.9 Å². The van der Waals surface area contributed by atoms with E-state index in [-0.39, 0.29) is 5.97 Å². The van der Waals surface area contributed by atoms with Crippen molar-refractivity contribution in [2.24, 2.45) is 5.92 Å². The van der Waals surface area contributed by atoms with Crippen molar-refractivity contribution in [1.29, 1.82) is 0 Å². The summed E-state index contributed by atoms with van der Waals surface area (Å²) in [7, 11) is 3.09. The first-order valence-corrected chi connectivity index (χ1v) is 14.3. The van der Waals surface area contributed by atoms with Crippen LogP contribution >= 0.6 is 12.2 Å². The van der Waals surface area contributed by atoms with Crippen molar-refractivity contribution >= 4 is 45.7 Å². The molecule has 8 nitrogen and oxygen atoms in total. The predicted octanol–water partition coefficient (Wildman–Crippen LogP) is 6.46. The van der Waals surface area contributed by atoms with Gasteiger partial charge in [-0.25, -0.2) is 9.78 Å². The number of aryl methyl sites for hydroxylation is 1. The average Bonchev–Trinajstić information content (AvgIpc) is 3.29. The lowest BCUT2D eigenvalue weighted by Crippen LogP contribution is -2.30. The van der Waals surface area contributed by atoms with Gasteiger partial charge in [-0.3, -0.25) is 0 Å². The minimum atomic E-state index is -0.369. The number of nitrogens with zero attached hydrogens (tertiary/aromatic N) is 2. The van der Waals surface area contributed by atoms with E-state index in [0.29, 0.717) is 23.2 Å². The number of aromatic nitrogens is 2. The Kier molecular flexibility index (Phi) is 12.0. The zero-order valence-electron chi connectivity index (χ0n) is 23.9. The van der Waals surface area contributed by atoms with Gasteiger partial charge in [-0.05, 0) is 67.7 Å². The van der Waals surface area contributed by atoms with Crippen LogP contribution in [0.1, 0.15) is 63.2 Å². The van der Waals surface area contributed by atoms with Crippen molar-refractivity contribution in [2.45, 2.75) is 59.4 Å². The molecular formula is C30H43N5O3S. The molecule has 0 bridgehead atoms. The van der Waals surface area contributed by atoms with Gasteiger partial charge in [0.25, 0.3) is 0 Å². The zero-order valence-corrected chi connectivity index (χ0v) is 24.7. The fraction of sp³-hybridized carbons (Fsp3) is 0.500. The van der Waals surface area contributed by atoms with Crippen LogP contribution in [0.15, 0.2) is 36.4 Å². The van der Waals surface area contributed by atoms with Crippen molar-refractivity contribution in [3.8, 4) is 11.4 Å². The normalized spacial score (nSPS) is 11.1. The number of anilines is 2. The quantitative estimate of drug-likeness (QED) is 0.112. The van der Waals surface area contributed by atoms with Crippen LogP contribution in [0.3, 0.4) is 0 Å². The lowest BCUT2D eigenvalue weighted by atomic mass is 10.1. The number of esters is 1. The maximum absolute atomic E-state index is 12.2. The molecule has 1 heterocycles. The fourth-order valence-electron chi connectivity index (χ4n) is 4.40. The second-order valence-corrected chi connectivity index (χ2v) is 10.5. The Bertz CT molecular complexity index is 1240. The highest BCUT2D eigenvalue weighted by molar-refractivity contribution is 7.80. The number of ether oxygens (including phenoxy) is 2. The van der Waals surface area contributed by atoms with Gasteiger partial charge in [0.15, 0.2) is 5.11 Å². The smallest absolute Gasteiger partial charge is 0.337 e. The van der Waals surface area contributed by atoms with E-state index < -0.39 is 0 Å². The van der Waals surface area contributed by atoms with E-state index in [0.717, 1.165) is 85.5 Å². The van der Waals surface area contributed by atoms with Crippen molar-refractivity contribution in [2.75, 3.05) is 44.5 Å². The summed E-state index contributed by atoms with van der Waals surface area (Å²) >= 11 is 5.60. The van der Waals surface area contributed by atoms with Crippen molar-refractivity contribution in [3.63, 3.8) is 0 Å². The highest BCUT2D eigenvalue weighted by atomic mass is 32.1. The van der Waals surface area contributed by atoms with Crippen molar-refractivity contribution in [3.05, 3.63) is 42.0 Å². The molecule has 0 radical (unpaired) electrons. The first-order valence-electron chi connectivity index (χ1n) is 13.9. The number of rotatable bonds is 15. The van der Waals surface area contributed by atoms with Crippen LogP contribution in [0.25, 0.3) is 22.4 Å². The summed E-state index contributed by atoms with van der Waals surface area (Å²) in [5.74, 6) is 1.02. The van der Waals surface area contributed by atoms with Crippen LogP contribution in [0, 0.1) is 5.92 Å². The minimum absolute atomic E-state index is 0.369. The second-order valence-electron chi connectivity index (χ2n) is 10.1. The number of hydrogen-bond donors (Lipinski definition) is 3. The van der Waals surface area contributed by atoms with Gasteiger partial charge in [-0.1, -0.05) is 39.7 Å². The summed E-state index contributed by atoms with van der Waals surface area (Å²) in [6, 6.07) is 11.7. The molecular weight excluding hydrogens is 510 g/mol. The molecule has 0 saturated carbocycles. The van der Waals surface area contributed by atoms with Gasteiger partial charge < -0.3 is 30.0 Å². The van der Waals surface area contributed by atoms with E-state index in [1.54, 1.807) is 13.2 Å². The molecule has 0 amide bonds. The molecule has 0 aliphatic heterocycles. The molecule has 9 heteroatoms. The first kappa shape index (κ1) is 30.4. The van der Waals surface area contributed by atoms with Crippen LogP contribution in [0.4, 0.5) is 11.4 Å². The largest absolute Gasteiger partial charge is 0.465 e. The third-order valence-electron chi connectivity index (χ3n) is 6.55. The molecule has 0 spiro atoms. The molecule has 1 aromatic heterocycles. The molecule has 0 saturated heterocycles. The number of benzene rings is 2. The highest BCUT2D eigenvalue weighted by Crippen LogP contribution is 2.36. The summed E-state index contributed by atoms with van der Waals surface area (Å²) in [5.41, 5.74) is 5.09. The lowest BCUT2D eigenvalue weighted by molar-refractivity contribution is 0.0601. The van der Waals surface area contributed by atoms with Crippen molar-refractivity contribution in [1.82, 2.24) is 14.9 Å². The SMILES string of the molecule is CCCCCNc1c(NC(=S)NCCCOC)cccc1-c1nc2cc(C(=O)OC)ccc2n1CCC(C)C. The van der Waals surface area contributed by atoms with E-state index in [4.69, 9.17) is 26.7 Å². The number of unbranched alkanes of at least 4 members (excludes halogenated alkanes) is 2. The molecule has 3 rings (SSSR count). The molecule has 39 heavy (non-hydrogen) atoms. The van der Waals surface area contributed by atoms with Crippen molar-refractivity contribution < 1.29 is 14.3 Å². The van der Waals surface area contributed by atoms with Crippen LogP contribution in [0.2, 0.25) is 0 Å². The van der Waals surface area contributed by atoms with Gasteiger partial charge in [0.2, 0.25) is 0 Å². The van der Waals surface area contributed by atoms with Crippen LogP contribution < -0.4 is 16.0 Å². The summed E-state index contributed by atoms with van der Waals surface area (Å²) in [4.78, 5) is 17.3. The average molecular weight is 554 g/mol. The molecule has 3 aromatic rings. The van der Waals surface area contributed by atoms with Crippen LogP contribution in [-0.2, 0) is 16.0 Å². The number of hydrogen-bond acceptors (Lipinski definition) is 6. The van der Waals surface area contributed by atoms with E-state index in [9.17, 15) is 4.79 Å². The number of carbonyl (C=O) groups is 1. The van der Waals surface area contributed by atoms with Gasteiger partial charge >= 0.3 is 5.97 Å². The fourth-order valence-corrected chi connectivity index (χ4v) is 4.61. The monoisotopic (exact) mass is 553 g/mol. The predicted molar refractivity (Wildman–Crippen MR) is 165 cm³/mol. The Morgan fingerprint density at radius 2 is 1.92 bits per heavy atom. The number of carbonyl (C=O) groups excluding carboxylic acids is 1. The molecule has 0 aliphatic rings. The third kappa shape index (κ3) is 8.41. The number of thiocarbonyl (C=S) groups is 1. The number of fused-ring (bicyclic) bond motifs is 1. The number of nitrogens with one attached hydrogen (secondary N) is 3. The van der Waals surface area contributed by atoms with E-state index in [1.165, 1.54) is 7.11 Å². The molecule has 0 unspecified atom stereocenters. The topological polar surface area (TPSA) is 89.4 Å². The maximum atomic E-state index is 12.2. The minimum Gasteiger partial charge on any atom is -0.465 e. The Morgan fingerprint density at radius 3 is 2.64 bits per heavy atom. The third-order valence-corrected chi connectivity index (χ3v) is 6.79. The summed E-state index contributed by atoms with van der Waals surface area (Å²) in [5, 5.41) is 10.9. The Labute approximate surface area is 237 Å².